The van der Waals surface area contributed by atoms with Crippen LogP contribution in [0, 0.1) is 10.1 Å². The Morgan fingerprint density at radius 3 is 1.96 bits per heavy atom. The lowest BCUT2D eigenvalue weighted by Gasteiger charge is -2.34. The highest BCUT2D eigenvalue weighted by Gasteiger charge is 2.37. The third kappa shape index (κ3) is 5.22. The fourth-order valence-electron chi connectivity index (χ4n) is 2.17. The molecule has 0 fully saturated rings. The lowest BCUT2D eigenvalue weighted by Crippen LogP contribution is -2.51. The molecule has 0 aliphatic carbocycles. The molecule has 1 rings (SSSR count). The Labute approximate surface area is 160 Å². The van der Waals surface area contributed by atoms with E-state index < -0.39 is 39.8 Å². The number of imide groups is 1. The van der Waals surface area contributed by atoms with Crippen LogP contribution in [-0.2, 0) is 23.9 Å². The van der Waals surface area contributed by atoms with Crippen LogP contribution in [0.1, 0.15) is 31.1 Å². The number of carbonyl (C=O) groups excluding carboxylic acids is 4. The number of non-ortho nitro benzene ring substituents is 1. The lowest BCUT2D eigenvalue weighted by atomic mass is 10.0. The molecule has 0 saturated heterocycles. The van der Waals surface area contributed by atoms with Crippen LogP contribution in [0.25, 0.3) is 0 Å². The predicted octanol–water partition coefficient (Wildman–Crippen LogP) is 1.63. The van der Waals surface area contributed by atoms with Gasteiger partial charge in [-0.05, 0) is 32.9 Å². The number of hydrogen-bond donors (Lipinski definition) is 0. The van der Waals surface area contributed by atoms with Crippen molar-refractivity contribution in [1.29, 1.82) is 0 Å². The first-order valence-corrected chi connectivity index (χ1v) is 7.95. The SMILES string of the molecule is COC(=O)/C=C(/C(=O)OC)C(=O)N(C(=O)c1ccc([N+](=O)[O-])cc1)C(C)(C)C. The Balaban J connectivity index is 3.43. The number of esters is 2. The number of nitrogens with zero attached hydrogens (tertiary/aromatic N) is 2. The molecule has 150 valence electrons. The number of rotatable bonds is 5. The van der Waals surface area contributed by atoms with E-state index in [4.69, 9.17) is 0 Å². The molecular weight excluding hydrogens is 372 g/mol. The highest BCUT2D eigenvalue weighted by molar-refractivity contribution is 6.23. The van der Waals surface area contributed by atoms with E-state index in [0.717, 1.165) is 31.3 Å². The van der Waals surface area contributed by atoms with E-state index in [1.165, 1.54) is 12.1 Å². The van der Waals surface area contributed by atoms with Gasteiger partial charge in [0.15, 0.2) is 0 Å². The van der Waals surface area contributed by atoms with Gasteiger partial charge in [0.05, 0.1) is 19.1 Å². The molecule has 0 atom stereocenters. The molecule has 0 unspecified atom stereocenters. The first-order valence-electron chi connectivity index (χ1n) is 7.95. The van der Waals surface area contributed by atoms with E-state index >= 15 is 0 Å². The Bertz CT molecular complexity index is 834. The predicted molar refractivity (Wildman–Crippen MR) is 96.1 cm³/mol. The van der Waals surface area contributed by atoms with Crippen molar-refractivity contribution >= 4 is 29.4 Å². The minimum Gasteiger partial charge on any atom is -0.466 e. The van der Waals surface area contributed by atoms with Crippen molar-refractivity contribution in [2.75, 3.05) is 14.2 Å². The third-order valence-electron chi connectivity index (χ3n) is 3.50. The van der Waals surface area contributed by atoms with E-state index in [1.807, 2.05) is 0 Å². The summed E-state index contributed by atoms with van der Waals surface area (Å²) in [5, 5.41) is 10.8. The number of amides is 2. The maximum absolute atomic E-state index is 13.0. The molecule has 0 aromatic heterocycles. The molecule has 1 aromatic carbocycles. The number of hydrogen-bond acceptors (Lipinski definition) is 8. The van der Waals surface area contributed by atoms with Gasteiger partial charge in [-0.1, -0.05) is 0 Å². The van der Waals surface area contributed by atoms with Crippen molar-refractivity contribution in [3.05, 3.63) is 51.6 Å². The minimum atomic E-state index is -1.12. The van der Waals surface area contributed by atoms with Gasteiger partial charge in [0, 0.05) is 29.3 Å². The molecule has 0 saturated carbocycles. The second-order valence-corrected chi connectivity index (χ2v) is 6.49. The van der Waals surface area contributed by atoms with Gasteiger partial charge in [-0.3, -0.25) is 24.6 Å². The van der Waals surface area contributed by atoms with E-state index in [2.05, 4.69) is 9.47 Å². The van der Waals surface area contributed by atoms with Gasteiger partial charge in [-0.2, -0.15) is 0 Å². The topological polar surface area (TPSA) is 133 Å². The Morgan fingerprint density at radius 1 is 1.04 bits per heavy atom. The van der Waals surface area contributed by atoms with Crippen molar-refractivity contribution in [2.45, 2.75) is 26.3 Å². The Hall–Kier alpha value is -3.56. The van der Waals surface area contributed by atoms with Gasteiger partial charge in [0.25, 0.3) is 17.5 Å². The molecule has 0 aliphatic heterocycles. The maximum Gasteiger partial charge on any atom is 0.343 e. The van der Waals surface area contributed by atoms with Crippen LogP contribution in [0.3, 0.4) is 0 Å². The summed E-state index contributed by atoms with van der Waals surface area (Å²) in [4.78, 5) is 60.3. The molecule has 0 heterocycles. The van der Waals surface area contributed by atoms with E-state index in [0.29, 0.717) is 6.08 Å². The van der Waals surface area contributed by atoms with E-state index in [1.54, 1.807) is 20.8 Å². The van der Waals surface area contributed by atoms with Crippen LogP contribution in [0.2, 0.25) is 0 Å². The summed E-state index contributed by atoms with van der Waals surface area (Å²) < 4.78 is 8.95. The Kier molecular flexibility index (Phi) is 7.14. The zero-order valence-corrected chi connectivity index (χ0v) is 16.0. The summed E-state index contributed by atoms with van der Waals surface area (Å²) in [5.41, 5.74) is -2.04. The van der Waals surface area contributed by atoms with E-state index in [9.17, 15) is 29.3 Å². The van der Waals surface area contributed by atoms with Gasteiger partial charge < -0.3 is 9.47 Å². The maximum atomic E-state index is 13.0. The summed E-state index contributed by atoms with van der Waals surface area (Å²) in [6.07, 6.45) is 0.635. The van der Waals surface area contributed by atoms with Crippen molar-refractivity contribution in [2.24, 2.45) is 0 Å². The fraction of sp³-hybridized carbons (Fsp3) is 0.333. The molecule has 10 nitrogen and oxygen atoms in total. The van der Waals surface area contributed by atoms with Crippen molar-refractivity contribution in [3.63, 3.8) is 0 Å². The molecule has 0 N–H and O–H groups in total. The summed E-state index contributed by atoms with van der Waals surface area (Å²) in [6.45, 7) is 4.63. The normalized spacial score (nSPS) is 11.4. The van der Waals surface area contributed by atoms with Gasteiger partial charge in [-0.15, -0.1) is 0 Å². The first-order chi connectivity index (χ1) is 12.9. The number of nitro groups is 1. The van der Waals surface area contributed by atoms with Gasteiger partial charge in [0.1, 0.15) is 5.57 Å². The van der Waals surface area contributed by atoms with Crippen LogP contribution in [0.5, 0.6) is 0 Å². The summed E-state index contributed by atoms with van der Waals surface area (Å²) in [5.74, 6) is -3.99. The summed E-state index contributed by atoms with van der Waals surface area (Å²) in [6, 6.07) is 4.61. The molecule has 0 spiro atoms. The average molecular weight is 392 g/mol. The molecule has 0 radical (unpaired) electrons. The van der Waals surface area contributed by atoms with Crippen molar-refractivity contribution in [1.82, 2.24) is 4.90 Å². The minimum absolute atomic E-state index is 0.0174. The first kappa shape index (κ1) is 22.5. The average Bonchev–Trinajstić information content (AvgIpc) is 2.63. The van der Waals surface area contributed by atoms with Gasteiger partial charge >= 0.3 is 11.9 Å². The molecular formula is C18H20N2O8. The molecule has 10 heteroatoms. The summed E-state index contributed by atoms with van der Waals surface area (Å²) >= 11 is 0. The zero-order chi connectivity index (χ0) is 21.6. The molecule has 28 heavy (non-hydrogen) atoms. The molecule has 1 aromatic rings. The Morgan fingerprint density at radius 2 is 1.57 bits per heavy atom. The number of ether oxygens (including phenoxy) is 2. The quantitative estimate of drug-likeness (QED) is 0.184. The molecule has 0 bridgehead atoms. The van der Waals surface area contributed by atoms with Crippen molar-refractivity contribution < 1.29 is 33.6 Å². The second-order valence-electron chi connectivity index (χ2n) is 6.49. The number of benzene rings is 1. The number of methoxy groups -OCH3 is 2. The number of nitro benzene ring substituents is 1. The van der Waals surface area contributed by atoms with Crippen LogP contribution in [0.4, 0.5) is 5.69 Å². The smallest absolute Gasteiger partial charge is 0.343 e. The largest absolute Gasteiger partial charge is 0.466 e. The van der Waals surface area contributed by atoms with Crippen LogP contribution in [0.15, 0.2) is 35.9 Å². The molecule has 0 aliphatic rings. The third-order valence-corrected chi connectivity index (χ3v) is 3.50. The van der Waals surface area contributed by atoms with Crippen LogP contribution < -0.4 is 0 Å². The monoisotopic (exact) mass is 392 g/mol. The lowest BCUT2D eigenvalue weighted by molar-refractivity contribution is -0.384. The summed E-state index contributed by atoms with van der Waals surface area (Å²) in [7, 11) is 2.07. The standard InChI is InChI=1S/C18H20N2O8/c1-18(2,3)19(15(22)11-6-8-12(9-7-11)20(25)26)16(23)13(17(24)28-5)10-14(21)27-4/h6-10H,1-5H3/b13-10+. The van der Waals surface area contributed by atoms with Gasteiger partial charge in [-0.25, -0.2) is 9.59 Å². The fourth-order valence-corrected chi connectivity index (χ4v) is 2.17. The number of carbonyl (C=O) groups is 4. The van der Waals surface area contributed by atoms with Crippen LogP contribution >= 0.6 is 0 Å². The van der Waals surface area contributed by atoms with Crippen molar-refractivity contribution in [3.8, 4) is 0 Å². The highest BCUT2D eigenvalue weighted by Crippen LogP contribution is 2.22. The van der Waals surface area contributed by atoms with Crippen LogP contribution in [-0.4, -0.2) is 53.3 Å². The van der Waals surface area contributed by atoms with E-state index in [-0.39, 0.29) is 11.3 Å². The molecule has 2 amide bonds. The zero-order valence-electron chi connectivity index (χ0n) is 16.0. The second kappa shape index (κ2) is 8.89. The highest BCUT2D eigenvalue weighted by atomic mass is 16.6. The van der Waals surface area contributed by atoms with Gasteiger partial charge in [0.2, 0.25) is 0 Å².